The van der Waals surface area contributed by atoms with Gasteiger partial charge in [0.15, 0.2) is 0 Å². The van der Waals surface area contributed by atoms with Gasteiger partial charge >= 0.3 is 0 Å². The summed E-state index contributed by atoms with van der Waals surface area (Å²) in [6.07, 6.45) is 0. The molecule has 0 radical (unpaired) electrons. The molecule has 0 heterocycles. The number of benzene rings is 2. The lowest BCUT2D eigenvalue weighted by Gasteiger charge is -2.04. The molecule has 0 bridgehead atoms. The molecule has 0 spiro atoms. The molecule has 0 aliphatic carbocycles. The number of hydrogen-bond acceptors (Lipinski definition) is 2. The second kappa shape index (κ2) is 6.38. The second-order valence-corrected chi connectivity index (χ2v) is 3.94. The Labute approximate surface area is 116 Å². The number of rotatable bonds is 2. The van der Waals surface area contributed by atoms with Gasteiger partial charge in [0, 0.05) is 11.1 Å². The van der Waals surface area contributed by atoms with E-state index in [0.717, 1.165) is 0 Å². The molecule has 0 N–H and O–H groups in total. The molecule has 98 valence electrons. The van der Waals surface area contributed by atoms with Crippen molar-refractivity contribution in [1.29, 1.82) is 0 Å². The third-order valence-corrected chi connectivity index (χ3v) is 2.63. The van der Waals surface area contributed by atoms with Crippen LogP contribution in [0.4, 0.5) is 4.39 Å². The van der Waals surface area contributed by atoms with E-state index in [4.69, 9.17) is 4.74 Å². The van der Waals surface area contributed by atoms with Crippen LogP contribution in [0.1, 0.15) is 11.1 Å². The van der Waals surface area contributed by atoms with Crippen LogP contribution in [0.25, 0.3) is 5.57 Å². The van der Waals surface area contributed by atoms with Gasteiger partial charge in [-0.2, -0.15) is 0 Å². The number of ether oxygens (including phenoxy) is 1. The summed E-state index contributed by atoms with van der Waals surface area (Å²) in [7, 11) is 1.52. The fourth-order valence-corrected chi connectivity index (χ4v) is 1.70. The molecule has 2 aromatic rings. The summed E-state index contributed by atoms with van der Waals surface area (Å²) in [5, 5.41) is 0. The van der Waals surface area contributed by atoms with Crippen molar-refractivity contribution in [2.45, 2.75) is 0 Å². The Morgan fingerprint density at radius 3 is 2.65 bits per heavy atom. The second-order valence-electron chi connectivity index (χ2n) is 3.94. The molecule has 0 amide bonds. The quantitative estimate of drug-likeness (QED) is 0.616. The monoisotopic (exact) mass is 266 g/mol. The molecule has 2 rings (SSSR count). The first kappa shape index (κ1) is 13.6. The van der Waals surface area contributed by atoms with Crippen LogP contribution in [0.2, 0.25) is 0 Å². The number of carbonyl (C=O) groups excluding carboxylic acids is 1. The third-order valence-electron chi connectivity index (χ3n) is 2.63. The Morgan fingerprint density at radius 1 is 1.15 bits per heavy atom. The first-order valence-electron chi connectivity index (χ1n) is 5.90. The summed E-state index contributed by atoms with van der Waals surface area (Å²) >= 11 is 0. The number of methoxy groups -OCH3 is 1. The van der Waals surface area contributed by atoms with Crippen LogP contribution in [-0.4, -0.2) is 13.1 Å². The van der Waals surface area contributed by atoms with Crippen molar-refractivity contribution in [3.8, 4) is 17.6 Å². The summed E-state index contributed by atoms with van der Waals surface area (Å²) < 4.78 is 18.2. The number of allylic oxidation sites excluding steroid dienone is 1. The highest BCUT2D eigenvalue weighted by molar-refractivity contribution is 5.98. The molecule has 0 saturated heterocycles. The van der Waals surface area contributed by atoms with Crippen molar-refractivity contribution < 1.29 is 13.9 Å². The molecular formula is C17H11FO2. The Balaban J connectivity index is 2.39. The average Bonchev–Trinajstić information content (AvgIpc) is 2.48. The molecule has 20 heavy (non-hydrogen) atoms. The zero-order valence-electron chi connectivity index (χ0n) is 10.8. The van der Waals surface area contributed by atoms with Crippen molar-refractivity contribution >= 4 is 11.5 Å². The maximum atomic E-state index is 13.0. The third kappa shape index (κ3) is 3.14. The van der Waals surface area contributed by atoms with Gasteiger partial charge in [-0.05, 0) is 36.3 Å². The summed E-state index contributed by atoms with van der Waals surface area (Å²) in [5.41, 5.74) is 1.23. The van der Waals surface area contributed by atoms with Crippen LogP contribution in [0.3, 0.4) is 0 Å². The van der Waals surface area contributed by atoms with E-state index in [1.54, 1.807) is 42.3 Å². The topological polar surface area (TPSA) is 26.3 Å². The molecule has 2 nitrogen and oxygen atoms in total. The van der Waals surface area contributed by atoms with Crippen LogP contribution >= 0.6 is 0 Å². The van der Waals surface area contributed by atoms with Gasteiger partial charge in [-0.3, -0.25) is 0 Å². The van der Waals surface area contributed by atoms with E-state index in [1.165, 1.54) is 19.2 Å². The zero-order valence-corrected chi connectivity index (χ0v) is 10.8. The Morgan fingerprint density at radius 2 is 1.95 bits per heavy atom. The van der Waals surface area contributed by atoms with Crippen LogP contribution in [-0.2, 0) is 4.79 Å². The number of hydrogen-bond donors (Lipinski definition) is 0. The predicted molar refractivity (Wildman–Crippen MR) is 75.4 cm³/mol. The summed E-state index contributed by atoms with van der Waals surface area (Å²) in [6, 6.07) is 12.9. The molecule has 0 aliphatic rings. The van der Waals surface area contributed by atoms with Crippen LogP contribution in [0.15, 0.2) is 48.5 Å². The molecule has 0 saturated carbocycles. The van der Waals surface area contributed by atoms with Crippen molar-refractivity contribution in [2.75, 3.05) is 7.11 Å². The largest absolute Gasteiger partial charge is 0.496 e. The zero-order chi connectivity index (χ0) is 14.4. The van der Waals surface area contributed by atoms with Crippen LogP contribution in [0, 0.1) is 17.7 Å². The Kier molecular flexibility index (Phi) is 4.34. The van der Waals surface area contributed by atoms with Gasteiger partial charge in [0.1, 0.15) is 23.1 Å². The van der Waals surface area contributed by atoms with Gasteiger partial charge in [0.2, 0.25) is 0 Å². The molecule has 0 unspecified atom stereocenters. The van der Waals surface area contributed by atoms with E-state index in [-0.39, 0.29) is 11.4 Å². The van der Waals surface area contributed by atoms with Gasteiger partial charge in [0.05, 0.1) is 7.11 Å². The minimum absolute atomic E-state index is 0.173. The van der Waals surface area contributed by atoms with Gasteiger partial charge in [-0.1, -0.05) is 24.1 Å². The van der Waals surface area contributed by atoms with Crippen molar-refractivity contribution in [3.05, 3.63) is 65.5 Å². The maximum Gasteiger partial charge on any atom is 0.142 e. The minimum Gasteiger partial charge on any atom is -0.496 e. The molecular weight excluding hydrogens is 255 g/mol. The first-order chi connectivity index (χ1) is 9.74. The highest BCUT2D eigenvalue weighted by atomic mass is 19.1. The fraction of sp³-hybridized carbons (Fsp3) is 0.0588. The normalized spacial score (nSPS) is 9.10. The van der Waals surface area contributed by atoms with Crippen molar-refractivity contribution in [2.24, 2.45) is 0 Å². The lowest BCUT2D eigenvalue weighted by molar-refractivity contribution is 0.413. The van der Waals surface area contributed by atoms with Crippen molar-refractivity contribution in [3.63, 3.8) is 0 Å². The van der Waals surface area contributed by atoms with Crippen molar-refractivity contribution in [1.82, 2.24) is 0 Å². The average molecular weight is 266 g/mol. The lowest BCUT2D eigenvalue weighted by Crippen LogP contribution is -1.90. The molecule has 0 aliphatic heterocycles. The SMILES string of the molecule is COc1ccccc1C(=C=O)C#Cc1cccc(F)c1. The van der Waals surface area contributed by atoms with E-state index in [0.29, 0.717) is 16.9 Å². The molecule has 2 aromatic carbocycles. The summed E-state index contributed by atoms with van der Waals surface area (Å²) in [4.78, 5) is 11.1. The van der Waals surface area contributed by atoms with E-state index in [9.17, 15) is 9.18 Å². The highest BCUT2D eigenvalue weighted by Gasteiger charge is 2.06. The van der Waals surface area contributed by atoms with Gasteiger partial charge in [-0.25, -0.2) is 9.18 Å². The predicted octanol–water partition coefficient (Wildman–Crippen LogP) is 3.10. The smallest absolute Gasteiger partial charge is 0.142 e. The van der Waals surface area contributed by atoms with E-state index in [2.05, 4.69) is 11.8 Å². The van der Waals surface area contributed by atoms with E-state index in [1.807, 2.05) is 0 Å². The molecule has 3 heteroatoms. The molecule has 0 fully saturated rings. The summed E-state index contributed by atoms with van der Waals surface area (Å²) in [6.45, 7) is 0. The van der Waals surface area contributed by atoms with Crippen LogP contribution in [0.5, 0.6) is 5.75 Å². The van der Waals surface area contributed by atoms with Crippen LogP contribution < -0.4 is 4.74 Å². The van der Waals surface area contributed by atoms with Gasteiger partial charge in [-0.15, -0.1) is 0 Å². The fourth-order valence-electron chi connectivity index (χ4n) is 1.70. The highest BCUT2D eigenvalue weighted by Crippen LogP contribution is 2.23. The Bertz CT molecular complexity index is 732. The van der Waals surface area contributed by atoms with E-state index < -0.39 is 0 Å². The summed E-state index contributed by atoms with van der Waals surface area (Å²) in [5.74, 6) is 7.41. The number of halogens is 1. The maximum absolute atomic E-state index is 13.0. The first-order valence-corrected chi connectivity index (χ1v) is 5.90. The number of para-hydroxylation sites is 1. The van der Waals surface area contributed by atoms with Gasteiger partial charge in [0.25, 0.3) is 0 Å². The lowest BCUT2D eigenvalue weighted by atomic mass is 10.1. The van der Waals surface area contributed by atoms with E-state index >= 15 is 0 Å². The standard InChI is InChI=1S/C17H11FO2/c1-20-17-8-3-2-7-16(17)14(12-19)10-9-13-5-4-6-15(18)11-13/h2-8,11H,1H3. The molecule has 0 aromatic heterocycles. The van der Waals surface area contributed by atoms with Gasteiger partial charge < -0.3 is 4.74 Å². The Hall–Kier alpha value is -2.82. The minimum atomic E-state index is -0.370. The molecule has 0 atom stereocenters.